The lowest BCUT2D eigenvalue weighted by Crippen LogP contribution is -2.46. The molecule has 3 N–H and O–H groups in total. The van der Waals surface area contributed by atoms with E-state index < -0.39 is 11.6 Å². The van der Waals surface area contributed by atoms with Crippen molar-refractivity contribution in [3.8, 4) is 0 Å². The van der Waals surface area contributed by atoms with Crippen molar-refractivity contribution in [2.24, 2.45) is 0 Å². The molecule has 0 aliphatic rings. The van der Waals surface area contributed by atoms with E-state index in [9.17, 15) is 9.59 Å². The largest absolute Gasteiger partial charge is 0.479 e. The molecule has 70 valence electrons. The Labute approximate surface area is 70.4 Å². The van der Waals surface area contributed by atoms with Crippen LogP contribution in [0.2, 0.25) is 0 Å². The summed E-state index contributed by atoms with van der Waals surface area (Å²) < 4.78 is 0. The molecule has 1 unspecified atom stereocenters. The summed E-state index contributed by atoms with van der Waals surface area (Å²) in [6, 6.07) is 0. The number of amides is 1. The van der Waals surface area contributed by atoms with Crippen LogP contribution in [-0.2, 0) is 9.59 Å². The fraction of sp³-hybridized carbons (Fsp3) is 0.714. The van der Waals surface area contributed by atoms with E-state index in [4.69, 9.17) is 10.2 Å². The Balaban J connectivity index is 3.92. The molecule has 0 radical (unpaired) electrons. The molecule has 1 atom stereocenters. The molecular formula is C7H13NO4. The molecule has 0 spiro atoms. The van der Waals surface area contributed by atoms with Crippen LogP contribution in [0.15, 0.2) is 0 Å². The van der Waals surface area contributed by atoms with Crippen LogP contribution in [0.25, 0.3) is 0 Å². The summed E-state index contributed by atoms with van der Waals surface area (Å²) in [5.74, 6) is -1.63. The van der Waals surface area contributed by atoms with Gasteiger partial charge in [-0.15, -0.1) is 0 Å². The topological polar surface area (TPSA) is 86.6 Å². The number of aliphatic carboxylic acids is 1. The van der Waals surface area contributed by atoms with Gasteiger partial charge in [0.25, 0.3) is 0 Å². The third-order valence-electron chi connectivity index (χ3n) is 1.41. The second-order valence-corrected chi connectivity index (χ2v) is 2.71. The van der Waals surface area contributed by atoms with E-state index in [1.54, 1.807) is 6.92 Å². The van der Waals surface area contributed by atoms with Gasteiger partial charge in [0.2, 0.25) is 5.91 Å². The molecule has 0 saturated heterocycles. The van der Waals surface area contributed by atoms with Gasteiger partial charge in [0.05, 0.1) is 6.54 Å². The van der Waals surface area contributed by atoms with Crippen molar-refractivity contribution in [2.75, 3.05) is 6.54 Å². The number of carboxylic acid groups (broad SMARTS) is 1. The summed E-state index contributed by atoms with van der Waals surface area (Å²) in [7, 11) is 0. The van der Waals surface area contributed by atoms with Gasteiger partial charge in [-0.3, -0.25) is 4.79 Å². The smallest absolute Gasteiger partial charge is 0.337 e. The Kier molecular flexibility index (Phi) is 3.69. The van der Waals surface area contributed by atoms with Gasteiger partial charge in [-0.1, -0.05) is 6.92 Å². The highest BCUT2D eigenvalue weighted by atomic mass is 16.4. The molecule has 0 heterocycles. The maximum atomic E-state index is 10.7. The molecule has 5 nitrogen and oxygen atoms in total. The first kappa shape index (κ1) is 10.9. The first-order valence-corrected chi connectivity index (χ1v) is 3.62. The maximum Gasteiger partial charge on any atom is 0.337 e. The van der Waals surface area contributed by atoms with Crippen LogP contribution in [0.4, 0.5) is 0 Å². The normalized spacial score (nSPS) is 14.9. The van der Waals surface area contributed by atoms with Gasteiger partial charge in [-0.05, 0) is 6.92 Å². The zero-order valence-electron chi connectivity index (χ0n) is 7.13. The van der Waals surface area contributed by atoms with Gasteiger partial charge in [-0.2, -0.15) is 0 Å². The lowest BCUT2D eigenvalue weighted by Gasteiger charge is -2.17. The van der Waals surface area contributed by atoms with Crippen LogP contribution in [-0.4, -0.2) is 34.2 Å². The van der Waals surface area contributed by atoms with Crippen molar-refractivity contribution in [3.63, 3.8) is 0 Å². The molecule has 12 heavy (non-hydrogen) atoms. The molecule has 0 aromatic rings. The van der Waals surface area contributed by atoms with Crippen LogP contribution in [0.5, 0.6) is 0 Å². The van der Waals surface area contributed by atoms with E-state index in [2.05, 4.69) is 5.32 Å². The van der Waals surface area contributed by atoms with E-state index in [0.717, 1.165) is 6.92 Å². The monoisotopic (exact) mass is 175 g/mol. The quantitative estimate of drug-likeness (QED) is 0.529. The van der Waals surface area contributed by atoms with E-state index in [1.165, 1.54) is 0 Å². The summed E-state index contributed by atoms with van der Waals surface area (Å²) in [5.41, 5.74) is -1.88. The molecule has 0 aliphatic heterocycles. The van der Waals surface area contributed by atoms with Crippen molar-refractivity contribution >= 4 is 11.9 Å². The number of aliphatic hydroxyl groups is 1. The maximum absolute atomic E-state index is 10.7. The fourth-order valence-electron chi connectivity index (χ4n) is 0.471. The minimum atomic E-state index is -1.88. The number of hydrogen-bond donors (Lipinski definition) is 3. The number of carbonyl (C=O) groups is 2. The third kappa shape index (κ3) is 3.34. The molecule has 0 aliphatic carbocycles. The van der Waals surface area contributed by atoms with Crippen LogP contribution in [0.1, 0.15) is 20.3 Å². The van der Waals surface area contributed by atoms with Gasteiger partial charge < -0.3 is 15.5 Å². The number of nitrogens with one attached hydrogen (secondary N) is 1. The predicted molar refractivity (Wildman–Crippen MR) is 41.6 cm³/mol. The van der Waals surface area contributed by atoms with Crippen molar-refractivity contribution < 1.29 is 19.8 Å². The minimum Gasteiger partial charge on any atom is -0.479 e. The summed E-state index contributed by atoms with van der Waals surface area (Å²) in [6.07, 6.45) is 0.274. The van der Waals surface area contributed by atoms with Gasteiger partial charge in [0, 0.05) is 6.42 Å². The van der Waals surface area contributed by atoms with Gasteiger partial charge >= 0.3 is 5.97 Å². The van der Waals surface area contributed by atoms with Crippen LogP contribution >= 0.6 is 0 Å². The fourth-order valence-corrected chi connectivity index (χ4v) is 0.471. The van der Waals surface area contributed by atoms with Gasteiger partial charge in [0.15, 0.2) is 5.60 Å². The molecular weight excluding hydrogens is 162 g/mol. The summed E-state index contributed by atoms with van der Waals surface area (Å²) in [4.78, 5) is 21.0. The number of carboxylic acids is 1. The van der Waals surface area contributed by atoms with E-state index in [-0.39, 0.29) is 18.9 Å². The average molecular weight is 175 g/mol. The highest BCUT2D eigenvalue weighted by Crippen LogP contribution is 2.00. The summed E-state index contributed by atoms with van der Waals surface area (Å²) in [6.45, 7) is 2.51. The first-order chi connectivity index (χ1) is 5.40. The molecule has 0 aromatic heterocycles. The molecule has 0 fully saturated rings. The number of hydrogen-bond acceptors (Lipinski definition) is 3. The predicted octanol–water partition coefficient (Wildman–Crippen LogP) is -0.652. The van der Waals surface area contributed by atoms with E-state index >= 15 is 0 Å². The lowest BCUT2D eigenvalue weighted by atomic mass is 10.1. The van der Waals surface area contributed by atoms with Crippen LogP contribution in [0.3, 0.4) is 0 Å². The second-order valence-electron chi connectivity index (χ2n) is 2.71. The highest BCUT2D eigenvalue weighted by molar-refractivity contribution is 5.79. The Morgan fingerprint density at radius 3 is 2.33 bits per heavy atom. The van der Waals surface area contributed by atoms with Crippen molar-refractivity contribution in [2.45, 2.75) is 25.9 Å². The molecule has 0 rings (SSSR count). The molecule has 0 bridgehead atoms. The lowest BCUT2D eigenvalue weighted by molar-refractivity contribution is -0.156. The first-order valence-electron chi connectivity index (χ1n) is 3.62. The minimum absolute atomic E-state index is 0.269. The average Bonchev–Trinajstić information content (AvgIpc) is 2.00. The van der Waals surface area contributed by atoms with Gasteiger partial charge in [0.1, 0.15) is 0 Å². The Hall–Kier alpha value is -1.10. The standard InChI is InChI=1S/C7H13NO4/c1-3-5(9)8-4-7(2,12)6(10)11/h12H,3-4H2,1-2H3,(H,8,9)(H,10,11). The molecule has 1 amide bonds. The molecule has 5 heteroatoms. The van der Waals surface area contributed by atoms with Gasteiger partial charge in [-0.25, -0.2) is 4.79 Å². The Morgan fingerprint density at radius 1 is 1.50 bits per heavy atom. The molecule has 0 aromatic carbocycles. The Bertz CT molecular complexity index is 188. The summed E-state index contributed by atoms with van der Waals surface area (Å²) in [5, 5.41) is 19.8. The number of rotatable bonds is 4. The van der Waals surface area contributed by atoms with Crippen molar-refractivity contribution in [1.82, 2.24) is 5.32 Å². The van der Waals surface area contributed by atoms with Crippen molar-refractivity contribution in [1.29, 1.82) is 0 Å². The van der Waals surface area contributed by atoms with E-state index in [1.807, 2.05) is 0 Å². The van der Waals surface area contributed by atoms with Crippen LogP contribution in [0, 0.1) is 0 Å². The highest BCUT2D eigenvalue weighted by Gasteiger charge is 2.29. The number of carbonyl (C=O) groups excluding carboxylic acids is 1. The van der Waals surface area contributed by atoms with Crippen molar-refractivity contribution in [3.05, 3.63) is 0 Å². The Morgan fingerprint density at radius 2 is 2.00 bits per heavy atom. The zero-order valence-corrected chi connectivity index (χ0v) is 7.13. The SMILES string of the molecule is CCC(=O)NCC(C)(O)C(=O)O. The van der Waals surface area contributed by atoms with E-state index in [0.29, 0.717) is 0 Å². The summed E-state index contributed by atoms with van der Waals surface area (Å²) >= 11 is 0. The third-order valence-corrected chi connectivity index (χ3v) is 1.41. The zero-order chi connectivity index (χ0) is 9.78. The second kappa shape index (κ2) is 4.06. The van der Waals surface area contributed by atoms with Crippen LogP contribution < -0.4 is 5.32 Å². The molecule has 0 saturated carbocycles.